The summed E-state index contributed by atoms with van der Waals surface area (Å²) in [6.45, 7) is 2.10. The van der Waals surface area contributed by atoms with Gasteiger partial charge in [0.15, 0.2) is 0 Å². The molecule has 1 unspecified atom stereocenters. The number of aliphatic hydroxyl groups excluding tert-OH is 1. The molecule has 0 fully saturated rings. The molecule has 0 aliphatic rings. The molecule has 114 valence electrons. The number of nitrogens with zero attached hydrogens (tertiary/aromatic N) is 1. The first kappa shape index (κ1) is 14.5. The minimum atomic E-state index is -0.890. The van der Waals surface area contributed by atoms with Gasteiger partial charge in [-0.1, -0.05) is 19.4 Å². The van der Waals surface area contributed by atoms with Crippen molar-refractivity contribution in [1.29, 1.82) is 0 Å². The van der Waals surface area contributed by atoms with Crippen molar-refractivity contribution in [3.05, 3.63) is 64.1 Å². The summed E-state index contributed by atoms with van der Waals surface area (Å²) in [4.78, 5) is 19.5. The van der Waals surface area contributed by atoms with Gasteiger partial charge in [0.2, 0.25) is 0 Å². The average Bonchev–Trinajstić information content (AvgIpc) is 3.06. The fourth-order valence-electron chi connectivity index (χ4n) is 2.46. The second-order valence-electron chi connectivity index (χ2n) is 5.32. The Morgan fingerprint density at radius 2 is 2.23 bits per heavy atom. The van der Waals surface area contributed by atoms with Crippen LogP contribution in [-0.2, 0) is 6.42 Å². The van der Waals surface area contributed by atoms with Crippen LogP contribution in [0.1, 0.15) is 43.0 Å². The molecule has 1 aromatic carbocycles. The van der Waals surface area contributed by atoms with Crippen LogP contribution in [0.2, 0.25) is 0 Å². The lowest BCUT2D eigenvalue weighted by Crippen LogP contribution is -2.12. The van der Waals surface area contributed by atoms with E-state index in [0.717, 1.165) is 24.8 Å². The number of aliphatic hydroxyl groups is 1. The quantitative estimate of drug-likeness (QED) is 0.759. The Morgan fingerprint density at radius 1 is 1.36 bits per heavy atom. The average molecular weight is 298 g/mol. The van der Waals surface area contributed by atoms with Crippen molar-refractivity contribution in [1.82, 2.24) is 9.97 Å². The van der Waals surface area contributed by atoms with Crippen LogP contribution in [0.3, 0.4) is 0 Å². The number of rotatable bonds is 5. The van der Waals surface area contributed by atoms with Gasteiger partial charge in [0.1, 0.15) is 17.7 Å². The summed E-state index contributed by atoms with van der Waals surface area (Å²) >= 11 is 0. The summed E-state index contributed by atoms with van der Waals surface area (Å²) in [7, 11) is 0. The van der Waals surface area contributed by atoms with Crippen LogP contribution < -0.4 is 5.56 Å². The number of unbranched alkanes of at least 4 members (excludes halogenated alkanes) is 1. The van der Waals surface area contributed by atoms with Crippen LogP contribution >= 0.6 is 0 Å². The van der Waals surface area contributed by atoms with E-state index in [1.165, 1.54) is 6.26 Å². The molecule has 1 atom stereocenters. The highest BCUT2D eigenvalue weighted by atomic mass is 16.4. The molecule has 0 amide bonds. The highest BCUT2D eigenvalue weighted by Gasteiger charge is 2.14. The highest BCUT2D eigenvalue weighted by molar-refractivity contribution is 5.78. The molecule has 0 saturated carbocycles. The summed E-state index contributed by atoms with van der Waals surface area (Å²) in [5.41, 5.74) is 1.07. The van der Waals surface area contributed by atoms with Crippen LogP contribution in [0, 0.1) is 0 Å². The standard InChI is InChI=1S/C17H18N2O3/c1-2-3-6-15-18-13-8-7-11(10-12(13)17(21)19-15)16(20)14-5-4-9-22-14/h4-5,7-10,16,20H,2-3,6H2,1H3,(H,18,19,21). The molecule has 3 aromatic rings. The molecule has 22 heavy (non-hydrogen) atoms. The minimum absolute atomic E-state index is 0.270. The zero-order valence-electron chi connectivity index (χ0n) is 12.4. The number of benzene rings is 1. The number of aryl methyl sites for hydroxylation is 1. The summed E-state index contributed by atoms with van der Waals surface area (Å²) in [5.74, 6) is 1.15. The van der Waals surface area contributed by atoms with Crippen molar-refractivity contribution in [3.8, 4) is 0 Å². The molecule has 3 rings (SSSR count). The van der Waals surface area contributed by atoms with Crippen molar-refractivity contribution in [2.45, 2.75) is 32.3 Å². The highest BCUT2D eigenvalue weighted by Crippen LogP contribution is 2.24. The van der Waals surface area contributed by atoms with Crippen molar-refractivity contribution < 1.29 is 9.52 Å². The third-order valence-electron chi connectivity index (χ3n) is 3.69. The lowest BCUT2D eigenvalue weighted by Gasteiger charge is -2.09. The normalized spacial score (nSPS) is 12.6. The van der Waals surface area contributed by atoms with Gasteiger partial charge < -0.3 is 14.5 Å². The molecule has 2 aromatic heterocycles. The Labute approximate surface area is 127 Å². The number of hydrogen-bond donors (Lipinski definition) is 2. The van der Waals surface area contributed by atoms with Crippen LogP contribution in [0.4, 0.5) is 0 Å². The van der Waals surface area contributed by atoms with Crippen molar-refractivity contribution in [3.63, 3.8) is 0 Å². The molecular formula is C17H18N2O3. The van der Waals surface area contributed by atoms with E-state index in [0.29, 0.717) is 22.5 Å². The predicted octanol–water partition coefficient (Wildman–Crippen LogP) is 2.94. The Hall–Kier alpha value is -2.40. The largest absolute Gasteiger partial charge is 0.466 e. The summed E-state index contributed by atoms with van der Waals surface area (Å²) < 4.78 is 5.20. The number of nitrogens with one attached hydrogen (secondary N) is 1. The number of furan rings is 1. The van der Waals surface area contributed by atoms with Crippen molar-refractivity contribution in [2.24, 2.45) is 0 Å². The SMILES string of the molecule is CCCCc1nc(=O)c2cc(C(O)c3ccco3)ccc2[nH]1. The minimum Gasteiger partial charge on any atom is -0.466 e. The van der Waals surface area contributed by atoms with Crippen LogP contribution in [-0.4, -0.2) is 15.1 Å². The van der Waals surface area contributed by atoms with Gasteiger partial charge in [0.05, 0.1) is 17.2 Å². The van der Waals surface area contributed by atoms with Crippen LogP contribution in [0.25, 0.3) is 10.9 Å². The van der Waals surface area contributed by atoms with E-state index in [-0.39, 0.29) is 5.56 Å². The third-order valence-corrected chi connectivity index (χ3v) is 3.69. The third kappa shape index (κ3) is 2.80. The zero-order valence-corrected chi connectivity index (χ0v) is 12.4. The number of fused-ring (bicyclic) bond motifs is 1. The topological polar surface area (TPSA) is 79.1 Å². The maximum absolute atomic E-state index is 12.2. The molecule has 0 bridgehead atoms. The number of hydrogen-bond acceptors (Lipinski definition) is 4. The first-order valence-corrected chi connectivity index (χ1v) is 7.43. The first-order valence-electron chi connectivity index (χ1n) is 7.43. The van der Waals surface area contributed by atoms with E-state index in [9.17, 15) is 9.90 Å². The fraction of sp³-hybridized carbons (Fsp3) is 0.294. The molecular weight excluding hydrogens is 280 g/mol. The second-order valence-corrected chi connectivity index (χ2v) is 5.32. The van der Waals surface area contributed by atoms with Crippen LogP contribution in [0.5, 0.6) is 0 Å². The maximum Gasteiger partial charge on any atom is 0.280 e. The maximum atomic E-state index is 12.2. The second kappa shape index (κ2) is 6.15. The molecule has 0 aliphatic carbocycles. The van der Waals surface area contributed by atoms with Gasteiger partial charge >= 0.3 is 0 Å². The van der Waals surface area contributed by atoms with E-state index in [2.05, 4.69) is 16.9 Å². The summed E-state index contributed by atoms with van der Waals surface area (Å²) in [6, 6.07) is 8.67. The van der Waals surface area contributed by atoms with Gasteiger partial charge in [0, 0.05) is 6.42 Å². The number of H-pyrrole nitrogens is 1. The van der Waals surface area contributed by atoms with Crippen molar-refractivity contribution >= 4 is 10.9 Å². The van der Waals surface area contributed by atoms with Gasteiger partial charge in [-0.2, -0.15) is 4.98 Å². The van der Waals surface area contributed by atoms with Gasteiger partial charge in [-0.3, -0.25) is 4.79 Å². The van der Waals surface area contributed by atoms with E-state index in [4.69, 9.17) is 4.42 Å². The van der Waals surface area contributed by atoms with Crippen LogP contribution in [0.15, 0.2) is 45.8 Å². The van der Waals surface area contributed by atoms with E-state index in [1.54, 1.807) is 30.3 Å². The molecule has 2 heterocycles. The smallest absolute Gasteiger partial charge is 0.280 e. The van der Waals surface area contributed by atoms with Crippen molar-refractivity contribution in [2.75, 3.05) is 0 Å². The van der Waals surface area contributed by atoms with Gasteiger partial charge in [-0.05, 0) is 36.2 Å². The summed E-state index contributed by atoms with van der Waals surface area (Å²) in [6.07, 6.45) is 3.42. The summed E-state index contributed by atoms with van der Waals surface area (Å²) in [5, 5.41) is 10.8. The molecule has 0 saturated heterocycles. The van der Waals surface area contributed by atoms with E-state index in [1.807, 2.05) is 0 Å². The molecule has 5 nitrogen and oxygen atoms in total. The zero-order chi connectivity index (χ0) is 15.5. The number of aromatic amines is 1. The van der Waals surface area contributed by atoms with Gasteiger partial charge in [-0.15, -0.1) is 0 Å². The Balaban J connectivity index is 2.00. The molecule has 0 aliphatic heterocycles. The first-order chi connectivity index (χ1) is 10.7. The molecule has 0 radical (unpaired) electrons. The van der Waals surface area contributed by atoms with E-state index >= 15 is 0 Å². The van der Waals surface area contributed by atoms with Gasteiger partial charge in [0.25, 0.3) is 5.56 Å². The Bertz CT molecular complexity index is 822. The Morgan fingerprint density at radius 3 is 2.95 bits per heavy atom. The lowest BCUT2D eigenvalue weighted by atomic mass is 10.0. The predicted molar refractivity (Wildman–Crippen MR) is 83.7 cm³/mol. The van der Waals surface area contributed by atoms with Gasteiger partial charge in [-0.25, -0.2) is 0 Å². The Kier molecular flexibility index (Phi) is 4.06. The number of aromatic nitrogens is 2. The monoisotopic (exact) mass is 298 g/mol. The molecule has 0 spiro atoms. The van der Waals surface area contributed by atoms with E-state index < -0.39 is 6.10 Å². The molecule has 5 heteroatoms. The lowest BCUT2D eigenvalue weighted by molar-refractivity contribution is 0.189. The molecule has 2 N–H and O–H groups in total. The fourth-order valence-corrected chi connectivity index (χ4v) is 2.46.